The van der Waals surface area contributed by atoms with E-state index in [1.807, 2.05) is 0 Å². The summed E-state index contributed by atoms with van der Waals surface area (Å²) in [7, 11) is 1.32. The van der Waals surface area contributed by atoms with Gasteiger partial charge in [0.15, 0.2) is 12.2 Å². The number of aliphatic hydroxyl groups excluding tert-OH is 1. The van der Waals surface area contributed by atoms with Crippen molar-refractivity contribution in [2.24, 2.45) is 0 Å². The average molecular weight is 234 g/mol. The van der Waals surface area contributed by atoms with Crippen LogP contribution in [0.4, 0.5) is 0 Å². The molecular formula is C9H14O7. The lowest BCUT2D eigenvalue weighted by atomic mass is 10.2. The summed E-state index contributed by atoms with van der Waals surface area (Å²) in [6, 6.07) is 0. The number of hydrogen-bond donors (Lipinski definition) is 1. The molecule has 1 rings (SSSR count). The molecule has 1 aliphatic rings. The summed E-state index contributed by atoms with van der Waals surface area (Å²) in [5.74, 6) is -1.19. The van der Waals surface area contributed by atoms with E-state index in [1.165, 1.54) is 21.0 Å². The number of hydrogen-bond acceptors (Lipinski definition) is 7. The van der Waals surface area contributed by atoms with Crippen LogP contribution in [0, 0.1) is 0 Å². The molecule has 0 saturated carbocycles. The van der Waals surface area contributed by atoms with Crippen LogP contribution < -0.4 is 0 Å². The molecule has 92 valence electrons. The smallest absolute Gasteiger partial charge is 0.305 e. The lowest BCUT2D eigenvalue weighted by Crippen LogP contribution is -2.38. The van der Waals surface area contributed by atoms with E-state index in [2.05, 4.69) is 4.74 Å². The number of ether oxygens (including phenoxy) is 4. The van der Waals surface area contributed by atoms with Crippen molar-refractivity contribution in [2.45, 2.75) is 38.6 Å². The van der Waals surface area contributed by atoms with E-state index < -0.39 is 36.7 Å². The van der Waals surface area contributed by atoms with Gasteiger partial charge in [-0.25, -0.2) is 0 Å². The zero-order chi connectivity index (χ0) is 12.3. The molecule has 0 aromatic carbocycles. The Labute approximate surface area is 92.2 Å². The summed E-state index contributed by atoms with van der Waals surface area (Å²) in [6.45, 7) is 2.37. The van der Waals surface area contributed by atoms with Gasteiger partial charge in [0.2, 0.25) is 12.6 Å². The fraction of sp³-hybridized carbons (Fsp3) is 0.778. The molecule has 16 heavy (non-hydrogen) atoms. The first-order valence-corrected chi connectivity index (χ1v) is 4.66. The number of carbonyl (C=O) groups is 2. The minimum atomic E-state index is -1.27. The number of aliphatic hydroxyl groups is 1. The van der Waals surface area contributed by atoms with E-state index in [9.17, 15) is 14.7 Å². The molecule has 0 spiro atoms. The van der Waals surface area contributed by atoms with Crippen molar-refractivity contribution in [1.82, 2.24) is 0 Å². The van der Waals surface area contributed by atoms with Crippen molar-refractivity contribution in [2.75, 3.05) is 7.11 Å². The molecule has 0 aromatic rings. The van der Waals surface area contributed by atoms with Gasteiger partial charge >= 0.3 is 11.9 Å². The summed E-state index contributed by atoms with van der Waals surface area (Å²) in [5.41, 5.74) is 0. The van der Waals surface area contributed by atoms with Gasteiger partial charge in [-0.05, 0) is 0 Å². The van der Waals surface area contributed by atoms with Crippen LogP contribution in [0.3, 0.4) is 0 Å². The van der Waals surface area contributed by atoms with Gasteiger partial charge in [-0.2, -0.15) is 0 Å². The summed E-state index contributed by atoms with van der Waals surface area (Å²) in [5, 5.41) is 9.69. The normalized spacial score (nSPS) is 33.5. The first kappa shape index (κ1) is 12.9. The van der Waals surface area contributed by atoms with Crippen molar-refractivity contribution in [3.05, 3.63) is 0 Å². The molecule has 0 radical (unpaired) electrons. The van der Waals surface area contributed by atoms with Crippen LogP contribution in [0.5, 0.6) is 0 Å². The molecule has 1 N–H and O–H groups in total. The zero-order valence-corrected chi connectivity index (χ0v) is 9.21. The molecule has 7 nitrogen and oxygen atoms in total. The van der Waals surface area contributed by atoms with Crippen molar-refractivity contribution in [3.8, 4) is 0 Å². The molecule has 4 atom stereocenters. The molecule has 7 heteroatoms. The molecule has 0 aliphatic carbocycles. The van der Waals surface area contributed by atoms with E-state index >= 15 is 0 Å². The van der Waals surface area contributed by atoms with Crippen LogP contribution in [-0.2, 0) is 28.5 Å². The second-order valence-electron chi connectivity index (χ2n) is 3.28. The zero-order valence-electron chi connectivity index (χ0n) is 9.21. The first-order valence-electron chi connectivity index (χ1n) is 4.66. The van der Waals surface area contributed by atoms with E-state index in [0.29, 0.717) is 0 Å². The van der Waals surface area contributed by atoms with Crippen molar-refractivity contribution >= 4 is 11.9 Å². The fourth-order valence-corrected chi connectivity index (χ4v) is 1.37. The maximum atomic E-state index is 10.8. The molecule has 0 aromatic heterocycles. The minimum absolute atomic E-state index is 0.585. The minimum Gasteiger partial charge on any atom is -0.454 e. The Kier molecular flexibility index (Phi) is 4.22. The summed E-state index contributed by atoms with van der Waals surface area (Å²) >= 11 is 0. The summed E-state index contributed by atoms with van der Waals surface area (Å²) < 4.78 is 19.4. The van der Waals surface area contributed by atoms with Crippen molar-refractivity contribution in [1.29, 1.82) is 0 Å². The van der Waals surface area contributed by atoms with Gasteiger partial charge in [-0.3, -0.25) is 9.59 Å². The van der Waals surface area contributed by atoms with Crippen LogP contribution in [0.2, 0.25) is 0 Å². The van der Waals surface area contributed by atoms with E-state index in [0.717, 1.165) is 0 Å². The highest BCUT2D eigenvalue weighted by atomic mass is 16.8. The monoisotopic (exact) mass is 234 g/mol. The Hall–Kier alpha value is -1.18. The van der Waals surface area contributed by atoms with Crippen LogP contribution in [-0.4, -0.2) is 48.9 Å². The fourth-order valence-electron chi connectivity index (χ4n) is 1.37. The molecule has 1 saturated heterocycles. The van der Waals surface area contributed by atoms with Crippen LogP contribution in [0.25, 0.3) is 0 Å². The third kappa shape index (κ3) is 2.91. The largest absolute Gasteiger partial charge is 0.454 e. The van der Waals surface area contributed by atoms with Gasteiger partial charge in [0.25, 0.3) is 0 Å². The van der Waals surface area contributed by atoms with E-state index in [-0.39, 0.29) is 0 Å². The Balaban J connectivity index is 2.68. The standard InChI is InChI=1S/C9H14O7/c1-4(10)14-7-6(12)8(15-5(2)11)16-9(7)13-3/h6-9,12H,1-3H3/t6?,7?,8-,9+/m0/s1. The first-order chi connectivity index (χ1) is 7.45. The molecule has 1 heterocycles. The SMILES string of the molecule is CO[C@@H]1O[C@H](OC(C)=O)C(O)C1OC(C)=O. The van der Waals surface area contributed by atoms with Crippen LogP contribution in [0.1, 0.15) is 13.8 Å². The van der Waals surface area contributed by atoms with Gasteiger partial charge in [0.05, 0.1) is 0 Å². The topological polar surface area (TPSA) is 91.3 Å². The Bertz CT molecular complexity index is 277. The third-order valence-electron chi connectivity index (χ3n) is 1.97. The number of rotatable bonds is 3. The highest BCUT2D eigenvalue weighted by Gasteiger charge is 2.48. The maximum absolute atomic E-state index is 10.8. The molecule has 0 bridgehead atoms. The number of carbonyl (C=O) groups excluding carboxylic acids is 2. The predicted molar refractivity (Wildman–Crippen MR) is 49.0 cm³/mol. The lowest BCUT2D eigenvalue weighted by Gasteiger charge is -2.17. The number of methoxy groups -OCH3 is 1. The molecule has 1 aliphatic heterocycles. The third-order valence-corrected chi connectivity index (χ3v) is 1.97. The Morgan fingerprint density at radius 2 is 1.69 bits per heavy atom. The van der Waals surface area contributed by atoms with Gasteiger partial charge in [-0.15, -0.1) is 0 Å². The average Bonchev–Trinajstić information content (AvgIpc) is 2.44. The van der Waals surface area contributed by atoms with Gasteiger partial charge in [0, 0.05) is 21.0 Å². The summed E-state index contributed by atoms with van der Waals surface area (Å²) in [6.07, 6.45) is -4.42. The van der Waals surface area contributed by atoms with Crippen LogP contribution >= 0.6 is 0 Å². The van der Waals surface area contributed by atoms with E-state index in [4.69, 9.17) is 14.2 Å². The van der Waals surface area contributed by atoms with Crippen LogP contribution in [0.15, 0.2) is 0 Å². The quantitative estimate of drug-likeness (QED) is 0.637. The highest BCUT2D eigenvalue weighted by molar-refractivity contribution is 5.67. The maximum Gasteiger partial charge on any atom is 0.305 e. The lowest BCUT2D eigenvalue weighted by molar-refractivity contribution is -0.216. The highest BCUT2D eigenvalue weighted by Crippen LogP contribution is 2.25. The second-order valence-corrected chi connectivity index (χ2v) is 3.28. The van der Waals surface area contributed by atoms with E-state index in [1.54, 1.807) is 0 Å². The molecular weight excluding hydrogens is 220 g/mol. The molecule has 0 amide bonds. The molecule has 1 fully saturated rings. The second kappa shape index (κ2) is 5.24. The van der Waals surface area contributed by atoms with Gasteiger partial charge in [0.1, 0.15) is 0 Å². The van der Waals surface area contributed by atoms with Gasteiger partial charge in [-0.1, -0.05) is 0 Å². The van der Waals surface area contributed by atoms with Crippen molar-refractivity contribution < 1.29 is 33.6 Å². The summed E-state index contributed by atoms with van der Waals surface area (Å²) in [4.78, 5) is 21.5. The van der Waals surface area contributed by atoms with Crippen molar-refractivity contribution in [3.63, 3.8) is 0 Å². The predicted octanol–water partition coefficient (Wildman–Crippen LogP) is -0.829. The molecule has 2 unspecified atom stereocenters. The Morgan fingerprint density at radius 1 is 1.12 bits per heavy atom. The van der Waals surface area contributed by atoms with Gasteiger partial charge < -0.3 is 24.1 Å². The number of esters is 2. The Morgan fingerprint density at radius 3 is 2.12 bits per heavy atom.